The van der Waals surface area contributed by atoms with Gasteiger partial charge in [-0.3, -0.25) is 0 Å². The highest BCUT2D eigenvalue weighted by atomic mass is 15.0. The summed E-state index contributed by atoms with van der Waals surface area (Å²) in [4.78, 5) is 0. The topological polar surface area (TPSA) is 14.8 Å². The first-order valence-electron chi connectivity index (χ1n) is 26.8. The Bertz CT molecular complexity index is 4640. The second-order valence-electron chi connectivity index (χ2n) is 21.1. The number of nitrogens with zero attached hydrogens (tertiary/aromatic N) is 3. The highest BCUT2D eigenvalue weighted by molar-refractivity contribution is 6.69. The lowest BCUT2D eigenvalue weighted by Crippen LogP contribution is -2.48. The highest BCUT2D eigenvalue weighted by Gasteiger charge is 2.27. The Labute approximate surface area is 450 Å². The van der Waals surface area contributed by atoms with Crippen molar-refractivity contribution in [2.24, 2.45) is 0 Å². The molecule has 0 unspecified atom stereocenters. The number of benzene rings is 9. The van der Waals surface area contributed by atoms with Crippen LogP contribution in [0.1, 0.15) is 18.4 Å². The number of allylic oxidation sites excluding steroid dienone is 4. The predicted octanol–water partition coefficient (Wildman–Crippen LogP) is 5.12. The van der Waals surface area contributed by atoms with Crippen molar-refractivity contribution in [3.63, 3.8) is 0 Å². The van der Waals surface area contributed by atoms with Gasteiger partial charge in [0.1, 0.15) is 60.4 Å². The number of hydrogen-bond donors (Lipinski definition) is 0. The predicted molar refractivity (Wildman–Crippen MR) is 347 cm³/mol. The van der Waals surface area contributed by atoms with E-state index in [0.29, 0.717) is 0 Å². The van der Waals surface area contributed by atoms with Gasteiger partial charge in [0, 0.05) is 49.2 Å². The summed E-state index contributed by atoms with van der Waals surface area (Å²) in [6.45, 7) is 0. The van der Waals surface area contributed by atoms with Crippen LogP contribution in [0.25, 0.3) is 121 Å². The Balaban J connectivity index is 1.01. The van der Waals surface area contributed by atoms with E-state index in [4.69, 9.17) is 0 Å². The summed E-state index contributed by atoms with van der Waals surface area (Å²) in [5.74, 6) is 0. The molecule has 0 spiro atoms. The minimum absolute atomic E-state index is 1.00. The van der Waals surface area contributed by atoms with Crippen LogP contribution < -0.4 is 38.2 Å². The van der Waals surface area contributed by atoms with E-state index in [0.717, 1.165) is 29.7 Å². The van der Waals surface area contributed by atoms with Crippen LogP contribution in [-0.2, 0) is 0 Å². The first kappa shape index (κ1) is 45.9. The average Bonchev–Trinajstić information content (AvgIpc) is 4.13. The summed E-state index contributed by atoms with van der Waals surface area (Å²) in [7, 11) is 16.3. The van der Waals surface area contributed by atoms with E-state index in [1.807, 2.05) is 0 Å². The summed E-state index contributed by atoms with van der Waals surface area (Å²) in [6.07, 6.45) is 8.82. The van der Waals surface area contributed by atoms with Crippen LogP contribution in [0.15, 0.2) is 194 Å². The molecule has 1 aliphatic rings. The Morgan fingerprint density at radius 2 is 1.01 bits per heavy atom. The summed E-state index contributed by atoms with van der Waals surface area (Å²) < 4.78 is 7.42. The van der Waals surface area contributed by atoms with Crippen molar-refractivity contribution in [1.29, 1.82) is 0 Å². The van der Waals surface area contributed by atoms with Gasteiger partial charge in [-0.25, -0.2) is 0 Å². The van der Waals surface area contributed by atoms with Crippen LogP contribution in [0.3, 0.4) is 0 Å². The first-order valence-corrected chi connectivity index (χ1v) is 26.8. The molecule has 14 rings (SSSR count). The van der Waals surface area contributed by atoms with Gasteiger partial charge in [-0.2, -0.15) is 0 Å². The van der Waals surface area contributed by atoms with Crippen LogP contribution in [0, 0.1) is 12.1 Å². The van der Waals surface area contributed by atoms with Crippen LogP contribution in [0.4, 0.5) is 0 Å². The van der Waals surface area contributed by atoms with E-state index in [2.05, 4.69) is 275 Å². The molecular formula is C66H50B7N3. The second kappa shape index (κ2) is 17.8. The number of para-hydroxylation sites is 2. The molecule has 3 aromatic heterocycles. The molecule has 3 nitrogen and oxygen atoms in total. The molecular weight excluding hydrogens is 910 g/mol. The molecule has 76 heavy (non-hydrogen) atoms. The maximum Gasteiger partial charge on any atom is 0.141 e. The molecule has 0 aliphatic heterocycles. The molecule has 0 saturated carbocycles. The molecule has 13 aromatic rings. The van der Waals surface area contributed by atoms with Gasteiger partial charge in [0.2, 0.25) is 0 Å². The number of rotatable bonds is 7. The van der Waals surface area contributed by atoms with E-state index >= 15 is 0 Å². The highest BCUT2D eigenvalue weighted by Crippen LogP contribution is 2.42. The van der Waals surface area contributed by atoms with Gasteiger partial charge < -0.3 is 13.7 Å². The lowest BCUT2D eigenvalue weighted by molar-refractivity contribution is 1.05. The van der Waals surface area contributed by atoms with Crippen LogP contribution in [0.2, 0.25) is 0 Å². The zero-order chi connectivity index (χ0) is 51.5. The molecule has 0 amide bonds. The third kappa shape index (κ3) is 6.81. The van der Waals surface area contributed by atoms with Gasteiger partial charge >= 0.3 is 0 Å². The SMILES string of the molecule is Bc1c(B)c(B)c2c(c1B)c1c(B)c(-c3ccc4c(c3)c3c(-c5ccccc5)cccc3n4-c3ccc(-c4ccccc4)cc3)c(B)c(B)c1n2-c1c#cc2c(c1)c1ccccc1n2-c1ccccc1C1=CC=CCC1. The van der Waals surface area contributed by atoms with Crippen molar-refractivity contribution in [1.82, 2.24) is 13.7 Å². The van der Waals surface area contributed by atoms with Crippen molar-refractivity contribution in [3.05, 3.63) is 212 Å². The van der Waals surface area contributed by atoms with E-state index in [9.17, 15) is 0 Å². The fraction of sp³-hybridized carbons (Fsp3) is 0.0303. The largest absolute Gasteiger partial charge is 0.309 e. The third-order valence-corrected chi connectivity index (χ3v) is 17.3. The fourth-order valence-electron chi connectivity index (χ4n) is 13.1. The first-order chi connectivity index (χ1) is 37.2. The maximum atomic E-state index is 3.83. The number of hydrogen-bond acceptors (Lipinski definition) is 0. The molecule has 3 heterocycles. The standard InChI is InChI=1S/C66H50B7N3/c67-58-54(41-29-33-52-48(35-41)55-45(40-19-8-3-9-20-40)23-14-26-53(55)74(52)42-30-27-38(28-31-42)37-15-4-1-5-16-37)59(68)63(72)65-56(58)57-60(69)61(70)62(71)64(73)66(57)75(65)43-32-34-51-47(36-43)46-22-11-13-25-50(46)76(51)49-24-12-10-21-44(49)39-17-6-2-7-18-39/h1-6,8-17,19-31,33,35-36H,7,18,67-73H2. The molecule has 0 saturated heterocycles. The second-order valence-corrected chi connectivity index (χ2v) is 21.1. The fourth-order valence-corrected chi connectivity index (χ4v) is 13.1. The van der Waals surface area contributed by atoms with E-state index in [1.165, 1.54) is 148 Å². The monoisotopic (exact) mass is 961 g/mol. The third-order valence-electron chi connectivity index (χ3n) is 17.3. The molecule has 0 atom stereocenters. The summed E-state index contributed by atoms with van der Waals surface area (Å²) >= 11 is 0. The molecule has 10 aromatic carbocycles. The van der Waals surface area contributed by atoms with E-state index < -0.39 is 0 Å². The zero-order valence-corrected chi connectivity index (χ0v) is 44.2. The van der Waals surface area contributed by atoms with Crippen molar-refractivity contribution in [2.45, 2.75) is 12.8 Å². The minimum atomic E-state index is 1.00. The number of aromatic nitrogens is 3. The van der Waals surface area contributed by atoms with Crippen molar-refractivity contribution < 1.29 is 0 Å². The lowest BCUT2D eigenvalue weighted by Gasteiger charge is -2.19. The van der Waals surface area contributed by atoms with Gasteiger partial charge in [-0.15, -0.1) is 5.46 Å². The Kier molecular flexibility index (Phi) is 10.7. The van der Waals surface area contributed by atoms with Gasteiger partial charge in [0.15, 0.2) is 0 Å². The van der Waals surface area contributed by atoms with E-state index in [1.54, 1.807) is 0 Å². The molecule has 0 N–H and O–H groups in total. The molecule has 1 aliphatic carbocycles. The molecule has 0 fully saturated rings. The van der Waals surface area contributed by atoms with Gasteiger partial charge in [0.05, 0.1) is 27.9 Å². The normalized spacial score (nSPS) is 12.7. The lowest BCUT2D eigenvalue weighted by atomic mass is 9.64. The van der Waals surface area contributed by atoms with Crippen LogP contribution >= 0.6 is 0 Å². The summed E-state index contributed by atoms with van der Waals surface area (Å²) in [6, 6.07) is 72.4. The summed E-state index contributed by atoms with van der Waals surface area (Å²) in [5.41, 5.74) is 29.5. The molecule has 10 heteroatoms. The van der Waals surface area contributed by atoms with Crippen molar-refractivity contribution >= 4 is 164 Å². The number of fused-ring (bicyclic) bond motifs is 9. The minimum Gasteiger partial charge on any atom is -0.309 e. The van der Waals surface area contributed by atoms with Gasteiger partial charge in [-0.1, -0.05) is 178 Å². The molecule has 0 radical (unpaired) electrons. The van der Waals surface area contributed by atoms with Gasteiger partial charge in [-0.05, 0) is 118 Å². The van der Waals surface area contributed by atoms with E-state index in [-0.39, 0.29) is 0 Å². The van der Waals surface area contributed by atoms with Gasteiger partial charge in [0.25, 0.3) is 0 Å². The van der Waals surface area contributed by atoms with Crippen molar-refractivity contribution in [2.75, 3.05) is 0 Å². The zero-order valence-electron chi connectivity index (χ0n) is 44.2. The smallest absolute Gasteiger partial charge is 0.141 e. The molecule has 350 valence electrons. The molecule has 0 bridgehead atoms. The Morgan fingerprint density at radius 3 is 1.78 bits per heavy atom. The Hall–Kier alpha value is -8.65. The van der Waals surface area contributed by atoms with Crippen LogP contribution in [-0.4, -0.2) is 68.6 Å². The quantitative estimate of drug-likeness (QED) is 0.198. The Morgan fingerprint density at radius 1 is 0.395 bits per heavy atom. The summed E-state index contributed by atoms with van der Waals surface area (Å²) in [5, 5.41) is 7.50. The average molecular weight is 961 g/mol. The van der Waals surface area contributed by atoms with Crippen LogP contribution in [0.5, 0.6) is 0 Å². The maximum absolute atomic E-state index is 3.83. The van der Waals surface area contributed by atoms with Crippen molar-refractivity contribution in [3.8, 4) is 50.4 Å².